The van der Waals surface area contributed by atoms with Crippen LogP contribution >= 0.6 is 0 Å². The minimum atomic E-state index is -4.66. The van der Waals surface area contributed by atoms with E-state index in [9.17, 15) is 13.2 Å². The van der Waals surface area contributed by atoms with Gasteiger partial charge in [-0.25, -0.2) is 0 Å². The second-order valence-electron chi connectivity index (χ2n) is 3.57. The molecule has 0 saturated heterocycles. The van der Waals surface area contributed by atoms with Gasteiger partial charge in [0, 0.05) is 5.39 Å². The number of rotatable bonds is 1. The standard InChI is InChI=1S/C11H5F3N2O2/c12-11(13,14)10-15-9(16-18-10)8-5-6-3-1-2-4-7(6)17-8/h1-5H. The van der Waals surface area contributed by atoms with Gasteiger partial charge in [0.1, 0.15) is 5.58 Å². The molecule has 0 amide bonds. The molecule has 2 aromatic heterocycles. The van der Waals surface area contributed by atoms with Crippen molar-refractivity contribution in [1.29, 1.82) is 0 Å². The van der Waals surface area contributed by atoms with Crippen molar-refractivity contribution in [2.24, 2.45) is 0 Å². The summed E-state index contributed by atoms with van der Waals surface area (Å²) in [6, 6.07) is 8.57. The molecule has 0 aliphatic heterocycles. The summed E-state index contributed by atoms with van der Waals surface area (Å²) in [7, 11) is 0. The molecule has 92 valence electrons. The maximum absolute atomic E-state index is 12.3. The SMILES string of the molecule is FC(F)(F)c1nc(-c2cc3ccccc3o2)no1. The Morgan fingerprint density at radius 3 is 2.56 bits per heavy atom. The Hall–Kier alpha value is -2.31. The Bertz CT molecular complexity index is 666. The Labute approximate surface area is 98.0 Å². The van der Waals surface area contributed by atoms with E-state index in [1.54, 1.807) is 30.3 Å². The summed E-state index contributed by atoms with van der Waals surface area (Å²) in [5.41, 5.74) is 0.547. The molecule has 4 nitrogen and oxygen atoms in total. The molecule has 0 spiro atoms. The molecule has 0 fully saturated rings. The van der Waals surface area contributed by atoms with Crippen molar-refractivity contribution in [2.75, 3.05) is 0 Å². The summed E-state index contributed by atoms with van der Waals surface area (Å²) in [6.07, 6.45) is -4.66. The minimum Gasteiger partial charge on any atom is -0.453 e. The molecule has 7 heteroatoms. The van der Waals surface area contributed by atoms with E-state index in [0.29, 0.717) is 5.58 Å². The summed E-state index contributed by atoms with van der Waals surface area (Å²) in [6.45, 7) is 0. The van der Waals surface area contributed by atoms with Crippen molar-refractivity contribution in [1.82, 2.24) is 10.1 Å². The molecule has 0 aliphatic rings. The fourth-order valence-corrected chi connectivity index (χ4v) is 1.53. The van der Waals surface area contributed by atoms with Gasteiger partial charge >= 0.3 is 12.1 Å². The van der Waals surface area contributed by atoms with E-state index in [4.69, 9.17) is 4.42 Å². The third-order valence-corrected chi connectivity index (χ3v) is 2.31. The number of para-hydroxylation sites is 1. The maximum Gasteiger partial charge on any atom is 0.471 e. The molecule has 0 radical (unpaired) electrons. The number of benzene rings is 1. The molecule has 0 unspecified atom stereocenters. The van der Waals surface area contributed by atoms with Gasteiger partial charge in [-0.2, -0.15) is 18.2 Å². The third-order valence-electron chi connectivity index (χ3n) is 2.31. The molecular weight excluding hydrogens is 249 g/mol. The van der Waals surface area contributed by atoms with Crippen LogP contribution in [0.5, 0.6) is 0 Å². The largest absolute Gasteiger partial charge is 0.471 e. The number of halogens is 3. The fraction of sp³-hybridized carbons (Fsp3) is 0.0909. The van der Waals surface area contributed by atoms with Crippen molar-refractivity contribution in [3.63, 3.8) is 0 Å². The molecule has 3 rings (SSSR count). The fourth-order valence-electron chi connectivity index (χ4n) is 1.53. The van der Waals surface area contributed by atoms with Gasteiger partial charge in [0.2, 0.25) is 5.82 Å². The first-order valence-corrected chi connectivity index (χ1v) is 4.94. The molecule has 18 heavy (non-hydrogen) atoms. The molecule has 0 saturated carbocycles. The normalized spacial score (nSPS) is 12.2. The highest BCUT2D eigenvalue weighted by molar-refractivity contribution is 5.81. The zero-order chi connectivity index (χ0) is 12.8. The molecule has 1 aromatic carbocycles. The highest BCUT2D eigenvalue weighted by Crippen LogP contribution is 2.31. The van der Waals surface area contributed by atoms with Gasteiger partial charge in [-0.05, 0) is 12.1 Å². The Morgan fingerprint density at radius 2 is 1.89 bits per heavy atom. The number of alkyl halides is 3. The highest BCUT2D eigenvalue weighted by atomic mass is 19.4. The first-order chi connectivity index (χ1) is 8.54. The van der Waals surface area contributed by atoms with E-state index in [-0.39, 0.29) is 11.6 Å². The number of furan rings is 1. The van der Waals surface area contributed by atoms with Crippen molar-refractivity contribution >= 4 is 11.0 Å². The van der Waals surface area contributed by atoms with E-state index in [0.717, 1.165) is 5.39 Å². The number of aromatic nitrogens is 2. The van der Waals surface area contributed by atoms with Gasteiger partial charge in [0.25, 0.3) is 0 Å². The second-order valence-corrected chi connectivity index (χ2v) is 3.57. The summed E-state index contributed by atoms with van der Waals surface area (Å²) in [5.74, 6) is -1.48. The quantitative estimate of drug-likeness (QED) is 0.666. The molecular formula is C11H5F3N2O2. The lowest BCUT2D eigenvalue weighted by Gasteiger charge is -1.95. The van der Waals surface area contributed by atoms with Gasteiger partial charge < -0.3 is 8.94 Å². The molecule has 0 bridgehead atoms. The lowest BCUT2D eigenvalue weighted by Crippen LogP contribution is -2.04. The van der Waals surface area contributed by atoms with Crippen LogP contribution in [0.2, 0.25) is 0 Å². The van der Waals surface area contributed by atoms with Gasteiger partial charge in [-0.3, -0.25) is 0 Å². The van der Waals surface area contributed by atoms with E-state index < -0.39 is 12.1 Å². The second kappa shape index (κ2) is 3.59. The third kappa shape index (κ3) is 1.73. The topological polar surface area (TPSA) is 52.1 Å². The van der Waals surface area contributed by atoms with Crippen LogP contribution in [0.25, 0.3) is 22.6 Å². The van der Waals surface area contributed by atoms with Gasteiger partial charge in [0.15, 0.2) is 5.76 Å². The first-order valence-electron chi connectivity index (χ1n) is 4.94. The van der Waals surface area contributed by atoms with E-state index in [2.05, 4.69) is 14.7 Å². The van der Waals surface area contributed by atoms with Crippen LogP contribution in [-0.4, -0.2) is 10.1 Å². The van der Waals surface area contributed by atoms with Crippen LogP contribution < -0.4 is 0 Å². The molecule has 0 N–H and O–H groups in total. The van der Waals surface area contributed by atoms with Crippen LogP contribution in [0, 0.1) is 0 Å². The maximum atomic E-state index is 12.3. The molecule has 0 aliphatic carbocycles. The Morgan fingerprint density at radius 1 is 1.11 bits per heavy atom. The van der Waals surface area contributed by atoms with Crippen molar-refractivity contribution in [3.8, 4) is 11.6 Å². The number of hydrogen-bond acceptors (Lipinski definition) is 4. The smallest absolute Gasteiger partial charge is 0.453 e. The Kier molecular flexibility index (Phi) is 2.16. The zero-order valence-electron chi connectivity index (χ0n) is 8.73. The van der Waals surface area contributed by atoms with E-state index in [1.807, 2.05) is 0 Å². The lowest BCUT2D eigenvalue weighted by molar-refractivity contribution is -0.159. The summed E-state index contributed by atoms with van der Waals surface area (Å²) in [5, 5.41) is 4.00. The molecule has 0 atom stereocenters. The first kappa shape index (κ1) is 10.8. The van der Waals surface area contributed by atoms with Gasteiger partial charge in [-0.1, -0.05) is 23.4 Å². The number of nitrogens with zero attached hydrogens (tertiary/aromatic N) is 2. The van der Waals surface area contributed by atoms with Crippen molar-refractivity contribution < 1.29 is 22.1 Å². The predicted molar refractivity (Wildman–Crippen MR) is 54.5 cm³/mol. The van der Waals surface area contributed by atoms with E-state index >= 15 is 0 Å². The number of fused-ring (bicyclic) bond motifs is 1. The Balaban J connectivity index is 2.06. The summed E-state index contributed by atoms with van der Waals surface area (Å²) >= 11 is 0. The lowest BCUT2D eigenvalue weighted by atomic mass is 10.2. The molecule has 3 aromatic rings. The van der Waals surface area contributed by atoms with Crippen LogP contribution in [0.1, 0.15) is 5.89 Å². The zero-order valence-corrected chi connectivity index (χ0v) is 8.73. The number of hydrogen-bond donors (Lipinski definition) is 0. The van der Waals surface area contributed by atoms with Crippen molar-refractivity contribution in [2.45, 2.75) is 6.18 Å². The van der Waals surface area contributed by atoms with Crippen LogP contribution in [0.3, 0.4) is 0 Å². The monoisotopic (exact) mass is 254 g/mol. The van der Waals surface area contributed by atoms with Crippen LogP contribution in [-0.2, 0) is 6.18 Å². The van der Waals surface area contributed by atoms with Gasteiger partial charge in [0.05, 0.1) is 0 Å². The van der Waals surface area contributed by atoms with E-state index in [1.165, 1.54) is 0 Å². The highest BCUT2D eigenvalue weighted by Gasteiger charge is 2.38. The summed E-state index contributed by atoms with van der Waals surface area (Å²) in [4.78, 5) is 3.25. The van der Waals surface area contributed by atoms with Crippen molar-refractivity contribution in [3.05, 3.63) is 36.2 Å². The van der Waals surface area contributed by atoms with Gasteiger partial charge in [-0.15, -0.1) is 0 Å². The average Bonchev–Trinajstić information content (AvgIpc) is 2.94. The van der Waals surface area contributed by atoms with Crippen LogP contribution in [0.4, 0.5) is 13.2 Å². The summed E-state index contributed by atoms with van der Waals surface area (Å²) < 4.78 is 46.3. The molecule has 2 heterocycles. The predicted octanol–water partition coefficient (Wildman–Crippen LogP) is 3.50. The average molecular weight is 254 g/mol. The minimum absolute atomic E-state index is 0.135. The van der Waals surface area contributed by atoms with Crippen LogP contribution in [0.15, 0.2) is 39.3 Å².